The molecule has 3 aromatic rings. The fourth-order valence-electron chi connectivity index (χ4n) is 2.69. The van der Waals surface area contributed by atoms with Gasteiger partial charge < -0.3 is 5.32 Å². The van der Waals surface area contributed by atoms with E-state index in [2.05, 4.69) is 20.8 Å². The minimum Gasteiger partial charge on any atom is -0.323 e. The maximum Gasteiger partial charge on any atom is 0.231 e. The van der Waals surface area contributed by atoms with Gasteiger partial charge in [-0.15, -0.1) is 5.10 Å². The first-order chi connectivity index (χ1) is 12.1. The lowest BCUT2D eigenvalue weighted by atomic mass is 9.95. The number of tetrazole rings is 1. The molecule has 6 nitrogen and oxygen atoms in total. The summed E-state index contributed by atoms with van der Waals surface area (Å²) in [6, 6.07) is 13.8. The first-order valence-electron chi connectivity index (χ1n) is 8.01. The van der Waals surface area contributed by atoms with E-state index in [-0.39, 0.29) is 17.5 Å². The van der Waals surface area contributed by atoms with E-state index in [1.807, 2.05) is 37.3 Å². The standard InChI is InChI=1S/C18H18FN5O/c1-3-15(13-7-5-4-6-8-13)18(25)20-17-11-14(9-10-16(17)19)24-12(2)21-22-23-24/h4-11,15H,3H2,1-2H3,(H,20,25). The van der Waals surface area contributed by atoms with Gasteiger partial charge in [0.25, 0.3) is 0 Å². The van der Waals surface area contributed by atoms with E-state index in [1.54, 1.807) is 13.0 Å². The van der Waals surface area contributed by atoms with Crippen molar-refractivity contribution in [3.8, 4) is 5.69 Å². The maximum atomic E-state index is 14.2. The van der Waals surface area contributed by atoms with Gasteiger partial charge >= 0.3 is 0 Å². The number of aryl methyl sites for hydroxylation is 1. The molecule has 0 bridgehead atoms. The molecular weight excluding hydrogens is 321 g/mol. The molecule has 2 aromatic carbocycles. The third-order valence-corrected chi connectivity index (χ3v) is 4.00. The largest absolute Gasteiger partial charge is 0.323 e. The third-order valence-electron chi connectivity index (χ3n) is 4.00. The minimum atomic E-state index is -0.509. The predicted octanol–water partition coefficient (Wildman–Crippen LogP) is 3.24. The molecule has 0 spiro atoms. The van der Waals surface area contributed by atoms with E-state index >= 15 is 0 Å². The van der Waals surface area contributed by atoms with Gasteiger partial charge in [-0.2, -0.15) is 4.68 Å². The Balaban J connectivity index is 1.87. The van der Waals surface area contributed by atoms with Gasteiger partial charge in [0.05, 0.1) is 17.3 Å². The number of halogens is 1. The lowest BCUT2D eigenvalue weighted by Gasteiger charge is -2.16. The van der Waals surface area contributed by atoms with Crippen LogP contribution >= 0.6 is 0 Å². The molecule has 0 aliphatic rings. The van der Waals surface area contributed by atoms with Crippen LogP contribution in [-0.2, 0) is 4.79 Å². The van der Waals surface area contributed by atoms with Gasteiger partial charge in [0.15, 0.2) is 5.82 Å². The average Bonchev–Trinajstić information content (AvgIpc) is 3.04. The SMILES string of the molecule is CCC(C(=O)Nc1cc(-n2nnnc2C)ccc1F)c1ccccc1. The fraction of sp³-hybridized carbons (Fsp3) is 0.222. The number of anilines is 1. The Bertz CT molecular complexity index is 878. The van der Waals surface area contributed by atoms with Crippen molar-refractivity contribution >= 4 is 11.6 Å². The van der Waals surface area contributed by atoms with Crippen LogP contribution in [0.15, 0.2) is 48.5 Å². The van der Waals surface area contributed by atoms with Crippen molar-refractivity contribution in [3.63, 3.8) is 0 Å². The van der Waals surface area contributed by atoms with Crippen LogP contribution in [0.2, 0.25) is 0 Å². The number of carbonyl (C=O) groups is 1. The molecule has 128 valence electrons. The molecule has 1 amide bonds. The zero-order chi connectivity index (χ0) is 17.8. The molecule has 7 heteroatoms. The van der Waals surface area contributed by atoms with Crippen molar-refractivity contribution in [2.75, 3.05) is 5.32 Å². The molecule has 0 fully saturated rings. The zero-order valence-electron chi connectivity index (χ0n) is 14.0. The van der Waals surface area contributed by atoms with E-state index in [0.29, 0.717) is 17.9 Å². The summed E-state index contributed by atoms with van der Waals surface area (Å²) in [6.45, 7) is 3.67. The normalized spacial score (nSPS) is 12.0. The molecule has 3 rings (SSSR count). The molecule has 1 unspecified atom stereocenters. The first kappa shape index (κ1) is 16.8. The summed E-state index contributed by atoms with van der Waals surface area (Å²) in [4.78, 5) is 12.6. The smallest absolute Gasteiger partial charge is 0.231 e. The highest BCUT2D eigenvalue weighted by Crippen LogP contribution is 2.24. The molecule has 0 aliphatic heterocycles. The summed E-state index contributed by atoms with van der Waals surface area (Å²) < 4.78 is 15.6. The Labute approximate surface area is 144 Å². The Morgan fingerprint density at radius 2 is 2.00 bits per heavy atom. The Kier molecular flexibility index (Phi) is 4.83. The van der Waals surface area contributed by atoms with Crippen molar-refractivity contribution < 1.29 is 9.18 Å². The fourth-order valence-corrected chi connectivity index (χ4v) is 2.69. The van der Waals surface area contributed by atoms with Crippen LogP contribution < -0.4 is 5.32 Å². The highest BCUT2D eigenvalue weighted by atomic mass is 19.1. The van der Waals surface area contributed by atoms with Gasteiger partial charge in [-0.25, -0.2) is 4.39 Å². The molecule has 0 saturated heterocycles. The van der Waals surface area contributed by atoms with Gasteiger partial charge in [-0.3, -0.25) is 4.79 Å². The maximum absolute atomic E-state index is 14.2. The molecular formula is C18H18FN5O. The zero-order valence-corrected chi connectivity index (χ0v) is 14.0. The Hall–Kier alpha value is -3.09. The van der Waals surface area contributed by atoms with Crippen molar-refractivity contribution in [1.82, 2.24) is 20.2 Å². The van der Waals surface area contributed by atoms with Crippen LogP contribution in [0.5, 0.6) is 0 Å². The number of hydrogen-bond acceptors (Lipinski definition) is 4. The number of hydrogen-bond donors (Lipinski definition) is 1. The quantitative estimate of drug-likeness (QED) is 0.774. The van der Waals surface area contributed by atoms with Crippen molar-refractivity contribution in [3.05, 3.63) is 65.7 Å². The van der Waals surface area contributed by atoms with E-state index in [9.17, 15) is 9.18 Å². The lowest BCUT2D eigenvalue weighted by Crippen LogP contribution is -2.21. The number of nitrogens with one attached hydrogen (secondary N) is 1. The molecule has 1 N–H and O–H groups in total. The topological polar surface area (TPSA) is 72.7 Å². The highest BCUT2D eigenvalue weighted by Gasteiger charge is 2.20. The number of rotatable bonds is 5. The van der Waals surface area contributed by atoms with Crippen LogP contribution in [0.4, 0.5) is 10.1 Å². The molecule has 1 heterocycles. The molecule has 0 radical (unpaired) electrons. The highest BCUT2D eigenvalue weighted by molar-refractivity contribution is 5.96. The first-order valence-corrected chi connectivity index (χ1v) is 8.01. The van der Waals surface area contributed by atoms with E-state index < -0.39 is 5.82 Å². The Morgan fingerprint density at radius 1 is 1.24 bits per heavy atom. The van der Waals surface area contributed by atoms with Gasteiger partial charge in [0, 0.05) is 0 Å². The lowest BCUT2D eigenvalue weighted by molar-refractivity contribution is -0.117. The number of aromatic nitrogens is 4. The van der Waals surface area contributed by atoms with Crippen molar-refractivity contribution in [1.29, 1.82) is 0 Å². The number of nitrogens with zero attached hydrogens (tertiary/aromatic N) is 4. The van der Waals surface area contributed by atoms with Gasteiger partial charge in [0.1, 0.15) is 5.82 Å². The summed E-state index contributed by atoms with van der Waals surface area (Å²) in [6.07, 6.45) is 0.614. The van der Waals surface area contributed by atoms with Crippen LogP contribution in [0, 0.1) is 12.7 Å². The van der Waals surface area contributed by atoms with Crippen LogP contribution in [0.25, 0.3) is 5.69 Å². The van der Waals surface area contributed by atoms with E-state index in [1.165, 1.54) is 16.8 Å². The van der Waals surface area contributed by atoms with Crippen molar-refractivity contribution in [2.24, 2.45) is 0 Å². The van der Waals surface area contributed by atoms with Gasteiger partial charge in [0.2, 0.25) is 5.91 Å². The summed E-state index contributed by atoms with van der Waals surface area (Å²) in [7, 11) is 0. The minimum absolute atomic E-state index is 0.104. The second-order valence-corrected chi connectivity index (χ2v) is 5.66. The number of benzene rings is 2. The van der Waals surface area contributed by atoms with Crippen LogP contribution in [-0.4, -0.2) is 26.1 Å². The molecule has 0 aliphatic carbocycles. The summed E-state index contributed by atoms with van der Waals surface area (Å²) in [5.74, 6) is -0.539. The predicted molar refractivity (Wildman–Crippen MR) is 92.0 cm³/mol. The third kappa shape index (κ3) is 3.55. The number of amides is 1. The van der Waals surface area contributed by atoms with E-state index in [4.69, 9.17) is 0 Å². The average molecular weight is 339 g/mol. The summed E-state index contributed by atoms with van der Waals surface area (Å²) in [5, 5.41) is 13.9. The van der Waals surface area contributed by atoms with Crippen LogP contribution in [0.3, 0.4) is 0 Å². The van der Waals surface area contributed by atoms with Crippen LogP contribution in [0.1, 0.15) is 30.7 Å². The Morgan fingerprint density at radius 3 is 2.64 bits per heavy atom. The van der Waals surface area contributed by atoms with E-state index in [0.717, 1.165) is 5.56 Å². The molecule has 0 saturated carbocycles. The number of carbonyl (C=O) groups excluding carboxylic acids is 1. The summed E-state index contributed by atoms with van der Waals surface area (Å²) in [5.41, 5.74) is 1.58. The molecule has 1 aromatic heterocycles. The molecule has 25 heavy (non-hydrogen) atoms. The van der Waals surface area contributed by atoms with Crippen molar-refractivity contribution in [2.45, 2.75) is 26.2 Å². The monoisotopic (exact) mass is 339 g/mol. The van der Waals surface area contributed by atoms with Gasteiger partial charge in [-0.05, 0) is 47.5 Å². The summed E-state index contributed by atoms with van der Waals surface area (Å²) >= 11 is 0. The second kappa shape index (κ2) is 7.21. The molecule has 1 atom stereocenters. The van der Waals surface area contributed by atoms with Gasteiger partial charge in [-0.1, -0.05) is 37.3 Å². The second-order valence-electron chi connectivity index (χ2n) is 5.66.